The molecule has 0 heterocycles. The van der Waals surface area contributed by atoms with Crippen LogP contribution in [0.1, 0.15) is 22.3 Å². The van der Waals surface area contributed by atoms with Gasteiger partial charge in [0.1, 0.15) is 0 Å². The predicted molar refractivity (Wildman–Crippen MR) is 92.5 cm³/mol. The largest absolute Gasteiger partial charge is 0.357 e. The molecule has 0 aromatic heterocycles. The van der Waals surface area contributed by atoms with E-state index in [2.05, 4.69) is 60.0 Å². The quantitative estimate of drug-likeness (QED) is 0.516. The highest BCUT2D eigenvalue weighted by Gasteiger charge is 1.96. The first kappa shape index (κ1) is 15.2. The number of nitrogens with zero attached hydrogens (tertiary/aromatic N) is 1. The van der Waals surface area contributed by atoms with Crippen LogP contribution in [-0.4, -0.2) is 11.3 Å². The topological polar surface area (TPSA) is 36.4 Å². The summed E-state index contributed by atoms with van der Waals surface area (Å²) in [6.07, 6.45) is 1.78. The Morgan fingerprint density at radius 1 is 1.14 bits per heavy atom. The van der Waals surface area contributed by atoms with E-state index in [1.807, 2.05) is 18.2 Å². The van der Waals surface area contributed by atoms with Gasteiger partial charge in [-0.25, -0.2) is 0 Å². The lowest BCUT2D eigenvalue weighted by molar-refractivity contribution is 0.869. The van der Waals surface area contributed by atoms with Crippen LogP contribution in [0.5, 0.6) is 0 Å². The fourth-order valence-electron chi connectivity index (χ4n) is 1.95. The molecular formula is C17H19N3S. The molecule has 4 heteroatoms. The first-order valence-electron chi connectivity index (χ1n) is 6.83. The van der Waals surface area contributed by atoms with Gasteiger partial charge in [-0.3, -0.25) is 5.43 Å². The van der Waals surface area contributed by atoms with Gasteiger partial charge < -0.3 is 5.32 Å². The van der Waals surface area contributed by atoms with Crippen molar-refractivity contribution in [1.29, 1.82) is 0 Å². The molecule has 2 rings (SSSR count). The SMILES string of the molecule is Cc1ccc(/C=N\NC(=S)NCc2ccccc2)c(C)c1. The summed E-state index contributed by atoms with van der Waals surface area (Å²) >= 11 is 5.19. The average molecular weight is 297 g/mol. The zero-order valence-electron chi connectivity index (χ0n) is 12.3. The Morgan fingerprint density at radius 2 is 1.90 bits per heavy atom. The van der Waals surface area contributed by atoms with Gasteiger partial charge in [0.15, 0.2) is 5.11 Å². The third-order valence-corrected chi connectivity index (χ3v) is 3.33. The maximum Gasteiger partial charge on any atom is 0.187 e. The number of benzene rings is 2. The molecule has 0 radical (unpaired) electrons. The molecule has 0 bridgehead atoms. The predicted octanol–water partition coefficient (Wildman–Crippen LogP) is 3.30. The molecule has 0 amide bonds. The monoisotopic (exact) mass is 297 g/mol. The second-order valence-corrected chi connectivity index (χ2v) is 5.31. The fourth-order valence-corrected chi connectivity index (χ4v) is 2.07. The molecule has 0 saturated carbocycles. The van der Waals surface area contributed by atoms with Gasteiger partial charge in [0.25, 0.3) is 0 Å². The van der Waals surface area contributed by atoms with E-state index in [1.165, 1.54) is 16.7 Å². The number of thiocarbonyl (C=S) groups is 1. The molecule has 0 aliphatic rings. The van der Waals surface area contributed by atoms with E-state index in [-0.39, 0.29) is 0 Å². The van der Waals surface area contributed by atoms with Crippen molar-refractivity contribution in [2.45, 2.75) is 20.4 Å². The minimum atomic E-state index is 0.514. The summed E-state index contributed by atoms with van der Waals surface area (Å²) in [6.45, 7) is 4.83. The molecule has 0 atom stereocenters. The van der Waals surface area contributed by atoms with Crippen LogP contribution < -0.4 is 10.7 Å². The Bertz CT molecular complexity index is 636. The molecule has 21 heavy (non-hydrogen) atoms. The zero-order chi connectivity index (χ0) is 15.1. The van der Waals surface area contributed by atoms with Crippen molar-refractivity contribution in [3.05, 3.63) is 70.8 Å². The number of aryl methyl sites for hydroxylation is 2. The lowest BCUT2D eigenvalue weighted by Crippen LogP contribution is -2.31. The van der Waals surface area contributed by atoms with Crippen LogP contribution in [0, 0.1) is 13.8 Å². The van der Waals surface area contributed by atoms with Gasteiger partial charge in [0, 0.05) is 6.54 Å². The molecule has 0 spiro atoms. The lowest BCUT2D eigenvalue weighted by Gasteiger charge is -2.07. The number of hydrogen-bond acceptors (Lipinski definition) is 2. The molecule has 0 fully saturated rings. The maximum atomic E-state index is 5.19. The highest BCUT2D eigenvalue weighted by atomic mass is 32.1. The summed E-state index contributed by atoms with van der Waals surface area (Å²) in [5, 5.41) is 7.79. The van der Waals surface area contributed by atoms with Crippen molar-refractivity contribution < 1.29 is 0 Å². The maximum absolute atomic E-state index is 5.19. The van der Waals surface area contributed by atoms with Crippen molar-refractivity contribution in [2.75, 3.05) is 0 Å². The van der Waals surface area contributed by atoms with Crippen molar-refractivity contribution in [2.24, 2.45) is 5.10 Å². The van der Waals surface area contributed by atoms with Gasteiger partial charge in [-0.2, -0.15) is 5.10 Å². The van der Waals surface area contributed by atoms with Crippen LogP contribution in [0.15, 0.2) is 53.6 Å². The number of rotatable bonds is 4. The second kappa shape index (κ2) is 7.55. The van der Waals surface area contributed by atoms with Gasteiger partial charge in [-0.1, -0.05) is 54.1 Å². The molecular weight excluding hydrogens is 278 g/mol. The molecule has 0 aliphatic carbocycles. The second-order valence-electron chi connectivity index (χ2n) is 4.90. The number of hydrazone groups is 1. The van der Waals surface area contributed by atoms with Gasteiger partial charge in [-0.05, 0) is 42.8 Å². The van der Waals surface area contributed by atoms with E-state index in [0.29, 0.717) is 11.7 Å². The summed E-state index contributed by atoms with van der Waals surface area (Å²) in [5.74, 6) is 0. The highest BCUT2D eigenvalue weighted by molar-refractivity contribution is 7.80. The van der Waals surface area contributed by atoms with Crippen LogP contribution in [0.4, 0.5) is 0 Å². The molecule has 3 nitrogen and oxygen atoms in total. The summed E-state index contributed by atoms with van der Waals surface area (Å²) in [4.78, 5) is 0. The minimum Gasteiger partial charge on any atom is -0.357 e. The third kappa shape index (κ3) is 5.00. The highest BCUT2D eigenvalue weighted by Crippen LogP contribution is 2.07. The van der Waals surface area contributed by atoms with Crippen LogP contribution >= 0.6 is 12.2 Å². The van der Waals surface area contributed by atoms with E-state index < -0.39 is 0 Å². The first-order chi connectivity index (χ1) is 10.1. The van der Waals surface area contributed by atoms with Crippen molar-refractivity contribution >= 4 is 23.5 Å². The van der Waals surface area contributed by atoms with Crippen molar-refractivity contribution in [3.8, 4) is 0 Å². The number of hydrogen-bond donors (Lipinski definition) is 2. The molecule has 2 N–H and O–H groups in total. The first-order valence-corrected chi connectivity index (χ1v) is 7.24. The standard InChI is InChI=1S/C17H19N3S/c1-13-8-9-16(14(2)10-13)12-19-20-17(21)18-11-15-6-4-3-5-7-15/h3-10,12H,11H2,1-2H3,(H2,18,20,21)/b19-12-. The molecule has 0 unspecified atom stereocenters. The summed E-state index contributed by atoms with van der Waals surface area (Å²) in [5.41, 5.74) is 7.54. The van der Waals surface area contributed by atoms with Crippen LogP contribution in [0.2, 0.25) is 0 Å². The van der Waals surface area contributed by atoms with Gasteiger partial charge in [-0.15, -0.1) is 0 Å². The summed E-state index contributed by atoms with van der Waals surface area (Å²) in [7, 11) is 0. The Labute approximate surface area is 131 Å². The van der Waals surface area contributed by atoms with Gasteiger partial charge in [0.05, 0.1) is 6.21 Å². The van der Waals surface area contributed by atoms with E-state index in [1.54, 1.807) is 6.21 Å². The molecule has 0 saturated heterocycles. The van der Waals surface area contributed by atoms with Crippen molar-refractivity contribution in [1.82, 2.24) is 10.7 Å². The van der Waals surface area contributed by atoms with E-state index >= 15 is 0 Å². The normalized spacial score (nSPS) is 10.6. The zero-order valence-corrected chi connectivity index (χ0v) is 13.1. The lowest BCUT2D eigenvalue weighted by atomic mass is 10.1. The Morgan fingerprint density at radius 3 is 2.62 bits per heavy atom. The molecule has 2 aromatic rings. The van der Waals surface area contributed by atoms with E-state index in [4.69, 9.17) is 12.2 Å². The molecule has 0 aliphatic heterocycles. The van der Waals surface area contributed by atoms with Gasteiger partial charge >= 0.3 is 0 Å². The van der Waals surface area contributed by atoms with Crippen LogP contribution in [0.3, 0.4) is 0 Å². The smallest absolute Gasteiger partial charge is 0.187 e. The Kier molecular flexibility index (Phi) is 5.46. The molecule has 108 valence electrons. The summed E-state index contributed by atoms with van der Waals surface area (Å²) < 4.78 is 0. The average Bonchev–Trinajstić information content (AvgIpc) is 2.48. The third-order valence-electron chi connectivity index (χ3n) is 3.09. The Hall–Kier alpha value is -2.20. The van der Waals surface area contributed by atoms with Crippen LogP contribution in [0.25, 0.3) is 0 Å². The fraction of sp³-hybridized carbons (Fsp3) is 0.176. The molecule has 2 aromatic carbocycles. The van der Waals surface area contributed by atoms with Crippen LogP contribution in [-0.2, 0) is 6.54 Å². The summed E-state index contributed by atoms with van der Waals surface area (Å²) in [6, 6.07) is 16.4. The minimum absolute atomic E-state index is 0.514. The van der Waals surface area contributed by atoms with E-state index in [0.717, 1.165) is 5.56 Å². The van der Waals surface area contributed by atoms with E-state index in [9.17, 15) is 0 Å². The number of nitrogens with one attached hydrogen (secondary N) is 2. The Balaban J connectivity index is 1.82. The van der Waals surface area contributed by atoms with Gasteiger partial charge in [0.2, 0.25) is 0 Å². The van der Waals surface area contributed by atoms with Crippen molar-refractivity contribution in [3.63, 3.8) is 0 Å².